The van der Waals surface area contributed by atoms with Gasteiger partial charge in [-0.1, -0.05) is 18.2 Å². The van der Waals surface area contributed by atoms with Crippen LogP contribution in [-0.2, 0) is 4.74 Å². The molecule has 4 nitrogen and oxygen atoms in total. The minimum Gasteiger partial charge on any atom is -0.465 e. The molecule has 0 amide bonds. The quantitative estimate of drug-likeness (QED) is 0.775. The van der Waals surface area contributed by atoms with Gasteiger partial charge in [-0.25, -0.2) is 4.79 Å². The van der Waals surface area contributed by atoms with Crippen LogP contribution in [0.15, 0.2) is 42.5 Å². The largest absolute Gasteiger partial charge is 0.465 e. The highest BCUT2D eigenvalue weighted by Crippen LogP contribution is 2.35. The SMILES string of the molecule is COC(=O)c1cccc(-c2ccc3c(c2)OCO3)c1. The number of ether oxygens (including phenoxy) is 3. The highest BCUT2D eigenvalue weighted by molar-refractivity contribution is 5.91. The Morgan fingerprint density at radius 1 is 1.05 bits per heavy atom. The van der Waals surface area contributed by atoms with Crippen LogP contribution in [-0.4, -0.2) is 19.9 Å². The maximum absolute atomic E-state index is 11.5. The smallest absolute Gasteiger partial charge is 0.337 e. The lowest BCUT2D eigenvalue weighted by molar-refractivity contribution is 0.0601. The Morgan fingerprint density at radius 3 is 2.68 bits per heavy atom. The van der Waals surface area contributed by atoms with E-state index in [4.69, 9.17) is 14.2 Å². The first-order valence-electron chi connectivity index (χ1n) is 5.86. The van der Waals surface area contributed by atoms with Crippen LogP contribution in [0.4, 0.5) is 0 Å². The summed E-state index contributed by atoms with van der Waals surface area (Å²) in [7, 11) is 1.37. The van der Waals surface area contributed by atoms with E-state index in [0.29, 0.717) is 5.56 Å². The van der Waals surface area contributed by atoms with Crippen molar-refractivity contribution in [1.29, 1.82) is 0 Å². The third kappa shape index (κ3) is 2.12. The molecule has 3 rings (SSSR count). The van der Waals surface area contributed by atoms with Gasteiger partial charge in [0.05, 0.1) is 12.7 Å². The molecule has 1 heterocycles. The molecule has 1 aliphatic heterocycles. The van der Waals surface area contributed by atoms with Crippen LogP contribution in [0.3, 0.4) is 0 Å². The fourth-order valence-corrected chi connectivity index (χ4v) is 2.02. The summed E-state index contributed by atoms with van der Waals surface area (Å²) in [6, 6.07) is 13.0. The molecule has 0 aliphatic carbocycles. The van der Waals surface area contributed by atoms with Crippen molar-refractivity contribution in [1.82, 2.24) is 0 Å². The normalized spacial score (nSPS) is 12.3. The van der Waals surface area contributed by atoms with E-state index in [0.717, 1.165) is 22.6 Å². The highest BCUT2D eigenvalue weighted by Gasteiger charge is 2.14. The molecule has 1 aliphatic rings. The number of carbonyl (C=O) groups is 1. The summed E-state index contributed by atoms with van der Waals surface area (Å²) < 4.78 is 15.3. The van der Waals surface area contributed by atoms with Crippen molar-refractivity contribution in [2.45, 2.75) is 0 Å². The number of methoxy groups -OCH3 is 1. The topological polar surface area (TPSA) is 44.8 Å². The molecule has 0 bridgehead atoms. The Balaban J connectivity index is 2.00. The average molecular weight is 256 g/mol. The van der Waals surface area contributed by atoms with Crippen LogP contribution in [0, 0.1) is 0 Å². The third-order valence-electron chi connectivity index (χ3n) is 2.99. The van der Waals surface area contributed by atoms with E-state index in [1.165, 1.54) is 7.11 Å². The predicted octanol–water partition coefficient (Wildman–Crippen LogP) is 2.87. The zero-order valence-corrected chi connectivity index (χ0v) is 10.4. The van der Waals surface area contributed by atoms with E-state index >= 15 is 0 Å². The number of hydrogen-bond acceptors (Lipinski definition) is 4. The first-order valence-corrected chi connectivity index (χ1v) is 5.86. The molecule has 2 aromatic carbocycles. The molecule has 96 valence electrons. The van der Waals surface area contributed by atoms with Gasteiger partial charge in [-0.2, -0.15) is 0 Å². The number of hydrogen-bond donors (Lipinski definition) is 0. The first kappa shape index (κ1) is 11.6. The molecule has 19 heavy (non-hydrogen) atoms. The van der Waals surface area contributed by atoms with Crippen LogP contribution in [0.1, 0.15) is 10.4 Å². The van der Waals surface area contributed by atoms with Crippen molar-refractivity contribution in [2.75, 3.05) is 13.9 Å². The Labute approximate surface area is 110 Å². The molecule has 0 radical (unpaired) electrons. The molecule has 0 unspecified atom stereocenters. The van der Waals surface area contributed by atoms with Gasteiger partial charge in [-0.15, -0.1) is 0 Å². The Morgan fingerprint density at radius 2 is 1.84 bits per heavy atom. The van der Waals surface area contributed by atoms with Gasteiger partial charge >= 0.3 is 5.97 Å². The number of carbonyl (C=O) groups excluding carboxylic acids is 1. The zero-order chi connectivity index (χ0) is 13.2. The molecule has 0 fully saturated rings. The van der Waals surface area contributed by atoms with Crippen LogP contribution < -0.4 is 9.47 Å². The molecule has 0 saturated heterocycles. The zero-order valence-electron chi connectivity index (χ0n) is 10.4. The summed E-state index contributed by atoms with van der Waals surface area (Å²) >= 11 is 0. The summed E-state index contributed by atoms with van der Waals surface area (Å²) in [5.74, 6) is 1.12. The van der Waals surface area contributed by atoms with E-state index in [1.54, 1.807) is 12.1 Å². The minimum absolute atomic E-state index is 0.251. The van der Waals surface area contributed by atoms with E-state index < -0.39 is 0 Å². The van der Waals surface area contributed by atoms with Gasteiger partial charge in [0.15, 0.2) is 11.5 Å². The summed E-state index contributed by atoms with van der Waals surface area (Å²) in [6.45, 7) is 0.251. The lowest BCUT2D eigenvalue weighted by Gasteiger charge is -2.05. The number of esters is 1. The minimum atomic E-state index is -0.345. The van der Waals surface area contributed by atoms with Gasteiger partial charge in [-0.05, 0) is 35.4 Å². The van der Waals surface area contributed by atoms with Crippen LogP contribution in [0.2, 0.25) is 0 Å². The molecule has 4 heteroatoms. The third-order valence-corrected chi connectivity index (χ3v) is 2.99. The van der Waals surface area contributed by atoms with Gasteiger partial charge in [-0.3, -0.25) is 0 Å². The highest BCUT2D eigenvalue weighted by atomic mass is 16.7. The number of fused-ring (bicyclic) bond motifs is 1. The van der Waals surface area contributed by atoms with Crippen molar-refractivity contribution in [3.63, 3.8) is 0 Å². The predicted molar refractivity (Wildman–Crippen MR) is 69.3 cm³/mol. The standard InChI is InChI=1S/C15H12O4/c1-17-15(16)12-4-2-3-10(7-12)11-5-6-13-14(8-11)19-9-18-13/h2-8H,9H2,1H3. The van der Waals surface area contributed by atoms with Crippen molar-refractivity contribution >= 4 is 5.97 Å². The van der Waals surface area contributed by atoms with Gasteiger partial charge in [0.25, 0.3) is 0 Å². The second-order valence-electron chi connectivity index (χ2n) is 4.14. The molecular weight excluding hydrogens is 244 g/mol. The van der Waals surface area contributed by atoms with E-state index in [9.17, 15) is 4.79 Å². The number of rotatable bonds is 2. The van der Waals surface area contributed by atoms with Gasteiger partial charge in [0, 0.05) is 0 Å². The molecule has 0 spiro atoms. The van der Waals surface area contributed by atoms with Gasteiger partial charge in [0.2, 0.25) is 6.79 Å². The number of benzene rings is 2. The van der Waals surface area contributed by atoms with Gasteiger partial charge < -0.3 is 14.2 Å². The van der Waals surface area contributed by atoms with Crippen LogP contribution in [0.25, 0.3) is 11.1 Å². The van der Waals surface area contributed by atoms with Crippen molar-refractivity contribution < 1.29 is 19.0 Å². The monoisotopic (exact) mass is 256 g/mol. The Bertz CT molecular complexity index is 634. The Kier molecular flexibility index (Phi) is 2.83. The molecule has 0 atom stereocenters. The summed E-state index contributed by atoms with van der Waals surface area (Å²) in [4.78, 5) is 11.5. The van der Waals surface area contributed by atoms with Crippen molar-refractivity contribution in [3.8, 4) is 22.6 Å². The summed E-state index contributed by atoms with van der Waals surface area (Å²) in [5, 5.41) is 0. The van der Waals surface area contributed by atoms with Crippen LogP contribution >= 0.6 is 0 Å². The molecule has 2 aromatic rings. The first-order chi connectivity index (χ1) is 9.28. The molecule has 0 saturated carbocycles. The Hall–Kier alpha value is -2.49. The van der Waals surface area contributed by atoms with Crippen LogP contribution in [0.5, 0.6) is 11.5 Å². The fourth-order valence-electron chi connectivity index (χ4n) is 2.02. The van der Waals surface area contributed by atoms with E-state index in [1.807, 2.05) is 30.3 Å². The van der Waals surface area contributed by atoms with Crippen molar-refractivity contribution in [3.05, 3.63) is 48.0 Å². The lowest BCUT2D eigenvalue weighted by Crippen LogP contribution is -2.00. The molecule has 0 aromatic heterocycles. The molecule has 0 N–H and O–H groups in total. The second-order valence-corrected chi connectivity index (χ2v) is 4.14. The van der Waals surface area contributed by atoms with Crippen molar-refractivity contribution in [2.24, 2.45) is 0 Å². The fraction of sp³-hybridized carbons (Fsp3) is 0.133. The molecular formula is C15H12O4. The maximum atomic E-state index is 11.5. The van der Waals surface area contributed by atoms with E-state index in [-0.39, 0.29) is 12.8 Å². The summed E-state index contributed by atoms with van der Waals surface area (Å²) in [6.07, 6.45) is 0. The average Bonchev–Trinajstić information content (AvgIpc) is 2.94. The maximum Gasteiger partial charge on any atom is 0.337 e. The van der Waals surface area contributed by atoms with Gasteiger partial charge in [0.1, 0.15) is 0 Å². The van der Waals surface area contributed by atoms with E-state index in [2.05, 4.69) is 0 Å². The summed E-state index contributed by atoms with van der Waals surface area (Å²) in [5.41, 5.74) is 2.42. The lowest BCUT2D eigenvalue weighted by atomic mass is 10.0. The second kappa shape index (κ2) is 4.65.